The van der Waals surface area contributed by atoms with E-state index in [4.69, 9.17) is 13.4 Å². The maximum atomic E-state index is 13.4. The molecule has 9 heteroatoms. The van der Waals surface area contributed by atoms with Crippen LogP contribution in [0.3, 0.4) is 0 Å². The van der Waals surface area contributed by atoms with E-state index in [0.29, 0.717) is 28.3 Å². The lowest BCUT2D eigenvalue weighted by atomic mass is 9.99. The maximum Gasteiger partial charge on any atom is 0.354 e. The number of ether oxygens (including phenoxy) is 1. The number of benzene rings is 1. The van der Waals surface area contributed by atoms with Gasteiger partial charge in [0.15, 0.2) is 5.69 Å². The van der Waals surface area contributed by atoms with Crippen molar-refractivity contribution in [2.75, 3.05) is 18.5 Å². The van der Waals surface area contributed by atoms with Crippen LogP contribution in [0.1, 0.15) is 54.4 Å². The van der Waals surface area contributed by atoms with E-state index < -0.39 is 25.0 Å². The van der Waals surface area contributed by atoms with Crippen molar-refractivity contribution in [1.29, 1.82) is 0 Å². The van der Waals surface area contributed by atoms with Crippen molar-refractivity contribution in [3.63, 3.8) is 0 Å². The van der Waals surface area contributed by atoms with Gasteiger partial charge in [-0.25, -0.2) is 9.78 Å². The number of aromatic nitrogens is 2. The molecule has 9 nitrogen and oxygen atoms in total. The van der Waals surface area contributed by atoms with E-state index in [0.717, 1.165) is 4.74 Å². The molecule has 1 aliphatic rings. The molecule has 1 N–H and O–H groups in total. The molecule has 0 spiro atoms. The molecule has 166 valence electrons. The summed E-state index contributed by atoms with van der Waals surface area (Å²) in [7, 11) is -1.12. The van der Waals surface area contributed by atoms with Crippen molar-refractivity contribution >= 4 is 17.6 Å². The molecule has 4 rings (SSSR count). The van der Waals surface area contributed by atoms with Crippen LogP contribution in [0.4, 0.5) is 5.69 Å². The Hall–Kier alpha value is -3.72. The van der Waals surface area contributed by atoms with Crippen molar-refractivity contribution in [1.82, 2.24) is 9.72 Å². The Labute approximate surface area is 188 Å². The molecule has 1 atom stereocenters. The summed E-state index contributed by atoms with van der Waals surface area (Å²) in [5.41, 5.74) is 1.65. The summed E-state index contributed by atoms with van der Waals surface area (Å²) < 4.78 is 33.2. The first-order valence-corrected chi connectivity index (χ1v) is 9.88. The SMILES string of the molecule is [2H]C([2H])([2H])OCCC1c2c(cc(C)nc2C(=O)O)C(=O)N1c1ccc(-c2c(C)on(C)c2=O)cc1. The van der Waals surface area contributed by atoms with Crippen LogP contribution >= 0.6 is 0 Å². The minimum atomic E-state index is -2.63. The van der Waals surface area contributed by atoms with Gasteiger partial charge in [0, 0.05) is 43.2 Å². The number of aromatic carboxylic acids is 1. The summed E-state index contributed by atoms with van der Waals surface area (Å²) in [6.07, 6.45) is 0.0330. The highest BCUT2D eigenvalue weighted by Crippen LogP contribution is 2.41. The number of methoxy groups -OCH3 is 1. The van der Waals surface area contributed by atoms with E-state index in [9.17, 15) is 19.5 Å². The number of pyridine rings is 1. The van der Waals surface area contributed by atoms with E-state index in [1.807, 2.05) is 0 Å². The van der Waals surface area contributed by atoms with Gasteiger partial charge in [-0.15, -0.1) is 0 Å². The fourth-order valence-electron chi connectivity index (χ4n) is 4.22. The Kier molecular flexibility index (Phi) is 4.52. The molecule has 0 saturated heterocycles. The van der Waals surface area contributed by atoms with Gasteiger partial charge in [0.25, 0.3) is 11.5 Å². The van der Waals surface area contributed by atoms with Crippen molar-refractivity contribution in [3.8, 4) is 11.1 Å². The standard InChI is InChI=1S/C23H23N3O6/c1-12-11-16-19(20(24-12)23(29)30)17(9-10-31-4)26(21(16)27)15-7-5-14(6-8-15)18-13(2)32-25(3)22(18)28/h5-8,11,17H,9-10H2,1-4H3,(H,29,30)/i4D3. The first-order valence-electron chi connectivity index (χ1n) is 11.4. The molecule has 3 aromatic rings. The third-order valence-corrected chi connectivity index (χ3v) is 5.54. The smallest absolute Gasteiger partial charge is 0.354 e. The van der Waals surface area contributed by atoms with Crippen LogP contribution in [0.5, 0.6) is 0 Å². The first kappa shape index (κ1) is 17.9. The van der Waals surface area contributed by atoms with E-state index in [1.54, 1.807) is 38.1 Å². The monoisotopic (exact) mass is 440 g/mol. The van der Waals surface area contributed by atoms with Gasteiger partial charge < -0.3 is 19.3 Å². The Morgan fingerprint density at radius 3 is 2.59 bits per heavy atom. The number of rotatable bonds is 6. The fraction of sp³-hybridized carbons (Fsp3) is 0.304. The third kappa shape index (κ3) is 3.40. The summed E-state index contributed by atoms with van der Waals surface area (Å²) in [4.78, 5) is 43.3. The number of hydrogen-bond acceptors (Lipinski definition) is 6. The van der Waals surface area contributed by atoms with Crippen LogP contribution in [-0.2, 0) is 11.8 Å². The summed E-state index contributed by atoms with van der Waals surface area (Å²) in [6, 6.07) is 7.33. The molecule has 0 fully saturated rings. The van der Waals surface area contributed by atoms with E-state index in [-0.39, 0.29) is 35.4 Å². The van der Waals surface area contributed by atoms with E-state index >= 15 is 0 Å². The predicted molar refractivity (Wildman–Crippen MR) is 116 cm³/mol. The molecule has 0 bridgehead atoms. The molecule has 0 radical (unpaired) electrons. The van der Waals surface area contributed by atoms with Crippen LogP contribution < -0.4 is 10.5 Å². The minimum absolute atomic E-state index is 0.0330. The molecule has 0 saturated carbocycles. The molecule has 2 aromatic heterocycles. The number of carboxylic acid groups (broad SMARTS) is 1. The van der Waals surface area contributed by atoms with Crippen molar-refractivity contribution in [2.24, 2.45) is 7.05 Å². The average Bonchev–Trinajstić information content (AvgIpc) is 3.18. The normalized spacial score (nSPS) is 17.1. The van der Waals surface area contributed by atoms with Gasteiger partial charge in [0.1, 0.15) is 5.76 Å². The van der Waals surface area contributed by atoms with Gasteiger partial charge in [0.2, 0.25) is 0 Å². The number of aryl methyl sites for hydroxylation is 3. The zero-order valence-electron chi connectivity index (χ0n) is 20.7. The summed E-state index contributed by atoms with van der Waals surface area (Å²) in [5, 5.41) is 9.75. The van der Waals surface area contributed by atoms with Gasteiger partial charge >= 0.3 is 5.97 Å². The largest absolute Gasteiger partial charge is 0.477 e. The summed E-state index contributed by atoms with van der Waals surface area (Å²) in [5.74, 6) is -1.28. The van der Waals surface area contributed by atoms with E-state index in [1.165, 1.54) is 18.0 Å². The molecule has 1 amide bonds. The number of hydrogen-bond donors (Lipinski definition) is 1. The average molecular weight is 440 g/mol. The number of carbonyl (C=O) groups is 2. The number of anilines is 1. The lowest BCUT2D eigenvalue weighted by Gasteiger charge is -2.26. The third-order valence-electron chi connectivity index (χ3n) is 5.54. The number of carbonyl (C=O) groups excluding carboxylic acids is 1. The highest BCUT2D eigenvalue weighted by molar-refractivity contribution is 6.13. The Morgan fingerprint density at radius 1 is 1.28 bits per heavy atom. The molecular formula is C23H23N3O6. The number of carboxylic acids is 1. The Morgan fingerprint density at radius 2 is 2.00 bits per heavy atom. The molecule has 3 heterocycles. The topological polar surface area (TPSA) is 115 Å². The van der Waals surface area contributed by atoms with Gasteiger partial charge in [-0.2, -0.15) is 4.74 Å². The number of nitrogens with zero attached hydrogens (tertiary/aromatic N) is 3. The van der Waals surface area contributed by atoms with Crippen molar-refractivity contribution < 1.29 is 28.1 Å². The molecule has 1 aromatic carbocycles. The van der Waals surface area contributed by atoms with Gasteiger partial charge in [-0.3, -0.25) is 9.59 Å². The van der Waals surface area contributed by atoms with E-state index in [2.05, 4.69) is 4.98 Å². The van der Waals surface area contributed by atoms with Gasteiger partial charge in [0.05, 0.1) is 15.7 Å². The van der Waals surface area contributed by atoms with Crippen LogP contribution in [0, 0.1) is 13.8 Å². The van der Waals surface area contributed by atoms with Crippen molar-refractivity contribution in [3.05, 3.63) is 69.0 Å². The van der Waals surface area contributed by atoms with Crippen LogP contribution in [0.15, 0.2) is 39.6 Å². The second-order valence-corrected chi connectivity index (χ2v) is 7.58. The van der Waals surface area contributed by atoms with Crippen molar-refractivity contribution in [2.45, 2.75) is 26.3 Å². The van der Waals surface area contributed by atoms with Gasteiger partial charge in [-0.05, 0) is 44.0 Å². The van der Waals surface area contributed by atoms with Crippen LogP contribution in [-0.4, -0.2) is 40.4 Å². The first-order chi connectivity index (χ1) is 16.4. The number of fused-ring (bicyclic) bond motifs is 1. The fourth-order valence-corrected chi connectivity index (χ4v) is 4.22. The highest BCUT2D eigenvalue weighted by Gasteiger charge is 2.41. The zero-order valence-corrected chi connectivity index (χ0v) is 17.7. The molecule has 1 unspecified atom stereocenters. The predicted octanol–water partition coefficient (Wildman–Crippen LogP) is 3.09. The zero-order chi connectivity index (χ0) is 25.7. The highest BCUT2D eigenvalue weighted by atomic mass is 16.5. The summed E-state index contributed by atoms with van der Waals surface area (Å²) >= 11 is 0. The second-order valence-electron chi connectivity index (χ2n) is 7.58. The maximum absolute atomic E-state index is 13.4. The quantitative estimate of drug-likeness (QED) is 0.626. The van der Waals surface area contributed by atoms with Crippen LogP contribution in [0.2, 0.25) is 0 Å². The Bertz CT molecular complexity index is 1370. The molecule has 0 aliphatic carbocycles. The van der Waals surface area contributed by atoms with Gasteiger partial charge in [-0.1, -0.05) is 12.1 Å². The molecule has 1 aliphatic heterocycles. The number of amides is 1. The summed E-state index contributed by atoms with van der Waals surface area (Å²) in [6.45, 7) is 3.03. The minimum Gasteiger partial charge on any atom is -0.477 e. The Balaban J connectivity index is 1.77. The second kappa shape index (κ2) is 8.08. The lowest BCUT2D eigenvalue weighted by Crippen LogP contribution is -2.28. The van der Waals surface area contributed by atoms with Crippen LogP contribution in [0.25, 0.3) is 11.1 Å². The molecular weight excluding hydrogens is 414 g/mol. The molecule has 32 heavy (non-hydrogen) atoms. The lowest BCUT2D eigenvalue weighted by molar-refractivity contribution is 0.0687.